The SMILES string of the molecule is CN=C(NCCCOc1ccc(C)cc1)NC1CCN(CC(F)(F)F)C1. The van der Waals surface area contributed by atoms with Crippen molar-refractivity contribution < 1.29 is 17.9 Å². The van der Waals surface area contributed by atoms with E-state index in [-0.39, 0.29) is 6.04 Å². The van der Waals surface area contributed by atoms with Crippen LogP contribution in [0.15, 0.2) is 29.3 Å². The summed E-state index contributed by atoms with van der Waals surface area (Å²) in [6.07, 6.45) is -2.68. The number of hydrogen-bond acceptors (Lipinski definition) is 3. The minimum absolute atomic E-state index is 0.0210. The molecule has 1 unspecified atom stereocenters. The number of nitrogens with one attached hydrogen (secondary N) is 2. The molecule has 1 aliphatic rings. The summed E-state index contributed by atoms with van der Waals surface area (Å²) in [4.78, 5) is 5.55. The van der Waals surface area contributed by atoms with Gasteiger partial charge in [-0.1, -0.05) is 17.7 Å². The Morgan fingerprint density at radius 1 is 1.31 bits per heavy atom. The highest BCUT2D eigenvalue weighted by Gasteiger charge is 2.34. The molecular formula is C18H27F3N4O. The van der Waals surface area contributed by atoms with E-state index in [1.165, 1.54) is 10.5 Å². The van der Waals surface area contributed by atoms with Crippen LogP contribution in [0.4, 0.5) is 13.2 Å². The van der Waals surface area contributed by atoms with E-state index < -0.39 is 12.7 Å². The van der Waals surface area contributed by atoms with Gasteiger partial charge in [0.1, 0.15) is 5.75 Å². The maximum absolute atomic E-state index is 12.4. The first-order valence-corrected chi connectivity index (χ1v) is 8.81. The van der Waals surface area contributed by atoms with Crippen LogP contribution in [0.25, 0.3) is 0 Å². The van der Waals surface area contributed by atoms with Crippen LogP contribution < -0.4 is 15.4 Å². The smallest absolute Gasteiger partial charge is 0.401 e. The Bertz CT molecular complexity index is 575. The van der Waals surface area contributed by atoms with Crippen molar-refractivity contribution in [2.75, 3.05) is 39.8 Å². The van der Waals surface area contributed by atoms with E-state index in [1.54, 1.807) is 7.05 Å². The van der Waals surface area contributed by atoms with Gasteiger partial charge in [0.2, 0.25) is 0 Å². The summed E-state index contributed by atoms with van der Waals surface area (Å²) in [5, 5.41) is 6.36. The topological polar surface area (TPSA) is 48.9 Å². The lowest BCUT2D eigenvalue weighted by Gasteiger charge is -2.19. The molecule has 5 nitrogen and oxygen atoms in total. The van der Waals surface area contributed by atoms with Crippen molar-refractivity contribution in [3.8, 4) is 5.75 Å². The average Bonchev–Trinajstić information content (AvgIpc) is 3.00. The van der Waals surface area contributed by atoms with E-state index in [4.69, 9.17) is 4.74 Å². The van der Waals surface area contributed by atoms with Gasteiger partial charge in [0.25, 0.3) is 0 Å². The summed E-state index contributed by atoms with van der Waals surface area (Å²) in [6, 6.07) is 7.87. The summed E-state index contributed by atoms with van der Waals surface area (Å²) >= 11 is 0. The summed E-state index contributed by atoms with van der Waals surface area (Å²) in [7, 11) is 1.65. The number of aryl methyl sites for hydroxylation is 1. The van der Waals surface area contributed by atoms with E-state index in [1.807, 2.05) is 31.2 Å². The lowest BCUT2D eigenvalue weighted by Crippen LogP contribution is -2.45. The molecule has 1 aromatic rings. The molecule has 1 fully saturated rings. The highest BCUT2D eigenvalue weighted by atomic mass is 19.4. The van der Waals surface area contributed by atoms with Crippen LogP contribution in [0.5, 0.6) is 5.75 Å². The minimum Gasteiger partial charge on any atom is -0.494 e. The zero-order valence-electron chi connectivity index (χ0n) is 15.3. The number of ether oxygens (including phenoxy) is 1. The number of benzene rings is 1. The Labute approximate surface area is 152 Å². The average molecular weight is 372 g/mol. The molecule has 1 heterocycles. The number of alkyl halides is 3. The Morgan fingerprint density at radius 3 is 2.69 bits per heavy atom. The van der Waals surface area contributed by atoms with Crippen molar-refractivity contribution in [3.05, 3.63) is 29.8 Å². The minimum atomic E-state index is -4.15. The lowest BCUT2D eigenvalue weighted by atomic mass is 10.2. The third-order valence-corrected chi connectivity index (χ3v) is 4.14. The van der Waals surface area contributed by atoms with Crippen LogP contribution in [0.1, 0.15) is 18.4 Å². The molecule has 1 aromatic carbocycles. The van der Waals surface area contributed by atoms with E-state index >= 15 is 0 Å². The summed E-state index contributed by atoms with van der Waals surface area (Å²) in [5.74, 6) is 1.45. The third-order valence-electron chi connectivity index (χ3n) is 4.14. The number of halogens is 3. The van der Waals surface area contributed by atoms with Gasteiger partial charge in [-0.05, 0) is 31.9 Å². The zero-order chi connectivity index (χ0) is 19.0. The molecule has 1 saturated heterocycles. The summed E-state index contributed by atoms with van der Waals surface area (Å²) in [5.41, 5.74) is 1.19. The van der Waals surface area contributed by atoms with Gasteiger partial charge in [0.05, 0.1) is 13.2 Å². The molecule has 2 N–H and O–H groups in total. The predicted octanol–water partition coefficient (Wildman–Crippen LogP) is 2.57. The fourth-order valence-electron chi connectivity index (χ4n) is 2.84. The van der Waals surface area contributed by atoms with Gasteiger partial charge in [-0.2, -0.15) is 13.2 Å². The molecule has 0 radical (unpaired) electrons. The zero-order valence-corrected chi connectivity index (χ0v) is 15.3. The fraction of sp³-hybridized carbons (Fsp3) is 0.611. The molecule has 0 amide bonds. The van der Waals surface area contributed by atoms with Gasteiger partial charge in [0.15, 0.2) is 5.96 Å². The van der Waals surface area contributed by atoms with Gasteiger partial charge in [-0.15, -0.1) is 0 Å². The molecule has 8 heteroatoms. The van der Waals surface area contributed by atoms with Crippen molar-refractivity contribution in [1.29, 1.82) is 0 Å². The van der Waals surface area contributed by atoms with Crippen molar-refractivity contribution in [1.82, 2.24) is 15.5 Å². The lowest BCUT2D eigenvalue weighted by molar-refractivity contribution is -0.143. The fourth-order valence-corrected chi connectivity index (χ4v) is 2.84. The van der Waals surface area contributed by atoms with Crippen molar-refractivity contribution in [2.45, 2.75) is 32.0 Å². The first-order chi connectivity index (χ1) is 12.4. The van der Waals surface area contributed by atoms with Crippen LogP contribution >= 0.6 is 0 Å². The Balaban J connectivity index is 1.61. The molecule has 0 aromatic heterocycles. The monoisotopic (exact) mass is 372 g/mol. The molecule has 0 bridgehead atoms. The molecule has 1 atom stereocenters. The molecule has 146 valence electrons. The van der Waals surface area contributed by atoms with E-state index in [2.05, 4.69) is 15.6 Å². The first-order valence-electron chi connectivity index (χ1n) is 8.81. The molecule has 0 spiro atoms. The second-order valence-corrected chi connectivity index (χ2v) is 6.49. The first kappa shape index (κ1) is 20.4. The molecule has 1 aliphatic heterocycles. The number of rotatable bonds is 7. The molecular weight excluding hydrogens is 345 g/mol. The van der Waals surface area contributed by atoms with Crippen LogP contribution in [0.2, 0.25) is 0 Å². The Hall–Kier alpha value is -1.96. The Morgan fingerprint density at radius 2 is 2.04 bits per heavy atom. The van der Waals surface area contributed by atoms with Crippen molar-refractivity contribution in [3.63, 3.8) is 0 Å². The van der Waals surface area contributed by atoms with Crippen molar-refractivity contribution in [2.24, 2.45) is 4.99 Å². The highest BCUT2D eigenvalue weighted by molar-refractivity contribution is 5.79. The van der Waals surface area contributed by atoms with E-state index in [0.717, 1.165) is 12.2 Å². The van der Waals surface area contributed by atoms with Crippen LogP contribution in [-0.4, -0.2) is 62.9 Å². The summed E-state index contributed by atoms with van der Waals surface area (Å²) in [6.45, 7) is 3.24. The molecule has 0 saturated carbocycles. The van der Waals surface area contributed by atoms with Gasteiger partial charge >= 0.3 is 6.18 Å². The van der Waals surface area contributed by atoms with E-state index in [0.29, 0.717) is 38.6 Å². The quantitative estimate of drug-likeness (QED) is 0.439. The number of aliphatic imine (C=N–C) groups is 1. The molecule has 26 heavy (non-hydrogen) atoms. The Kier molecular flexibility index (Phi) is 7.56. The number of nitrogens with zero attached hydrogens (tertiary/aromatic N) is 2. The van der Waals surface area contributed by atoms with Gasteiger partial charge in [-0.25, -0.2) is 0 Å². The number of likely N-dealkylation sites (tertiary alicyclic amines) is 1. The second-order valence-electron chi connectivity index (χ2n) is 6.49. The van der Waals surface area contributed by atoms with Crippen LogP contribution in [0.3, 0.4) is 0 Å². The number of hydrogen-bond donors (Lipinski definition) is 2. The number of guanidine groups is 1. The molecule has 0 aliphatic carbocycles. The second kappa shape index (κ2) is 9.66. The summed E-state index contributed by atoms with van der Waals surface area (Å²) < 4.78 is 43.0. The predicted molar refractivity (Wildman–Crippen MR) is 96.7 cm³/mol. The standard InChI is InChI=1S/C18H27F3N4O/c1-14-4-6-16(7-5-14)26-11-3-9-23-17(22-2)24-15-8-10-25(12-15)13-18(19,20)21/h4-7,15H,3,8-13H2,1-2H3,(H2,22,23,24). The maximum Gasteiger partial charge on any atom is 0.401 e. The van der Waals surface area contributed by atoms with Gasteiger partial charge < -0.3 is 15.4 Å². The van der Waals surface area contributed by atoms with Crippen LogP contribution in [0, 0.1) is 6.92 Å². The molecule has 2 rings (SSSR count). The van der Waals surface area contributed by atoms with Crippen LogP contribution in [-0.2, 0) is 0 Å². The van der Waals surface area contributed by atoms with Gasteiger partial charge in [0, 0.05) is 32.7 Å². The largest absolute Gasteiger partial charge is 0.494 e. The highest BCUT2D eigenvalue weighted by Crippen LogP contribution is 2.19. The van der Waals surface area contributed by atoms with E-state index in [9.17, 15) is 13.2 Å². The van der Waals surface area contributed by atoms with Gasteiger partial charge in [-0.3, -0.25) is 9.89 Å². The normalized spacial score (nSPS) is 18.8. The maximum atomic E-state index is 12.4. The van der Waals surface area contributed by atoms with Crippen molar-refractivity contribution >= 4 is 5.96 Å². The third kappa shape index (κ3) is 7.51.